The Morgan fingerprint density at radius 1 is 1.07 bits per heavy atom. The van der Waals surface area contributed by atoms with E-state index in [2.05, 4.69) is 6.92 Å². The molecule has 8 unspecified atom stereocenters. The van der Waals surface area contributed by atoms with Crippen molar-refractivity contribution in [2.45, 2.75) is 78.1 Å². The molecule has 0 aromatic carbocycles. The maximum absolute atomic E-state index is 7.75. The number of amidine groups is 1. The van der Waals surface area contributed by atoms with E-state index in [-0.39, 0.29) is 0 Å². The van der Waals surface area contributed by atoms with Crippen LogP contribution < -0.4 is 5.84 Å². The van der Waals surface area contributed by atoms with Crippen molar-refractivity contribution < 1.29 is 4.74 Å². The van der Waals surface area contributed by atoms with Crippen molar-refractivity contribution in [2.75, 3.05) is 20.3 Å². The Bertz CT molecular complexity index is 566. The van der Waals surface area contributed by atoms with Crippen LogP contribution >= 0.6 is 0 Å². The van der Waals surface area contributed by atoms with E-state index in [0.29, 0.717) is 11.3 Å². The van der Waals surface area contributed by atoms with Gasteiger partial charge in [-0.1, -0.05) is 6.92 Å². The van der Waals surface area contributed by atoms with Crippen LogP contribution in [-0.2, 0) is 4.74 Å². The van der Waals surface area contributed by atoms with Gasteiger partial charge in [-0.25, -0.2) is 5.84 Å². The number of hydrogen-bond acceptors (Lipinski definition) is 3. The second kappa shape index (κ2) is 8.26. The van der Waals surface area contributed by atoms with Crippen LogP contribution in [0.2, 0.25) is 0 Å². The van der Waals surface area contributed by atoms with Gasteiger partial charge in [0.2, 0.25) is 0 Å². The first-order valence-electron chi connectivity index (χ1n) is 12.0. The smallest absolute Gasteiger partial charge is 0.107 e. The summed E-state index contributed by atoms with van der Waals surface area (Å²) in [4.78, 5) is 0. The normalized spacial score (nSPS) is 45.1. The summed E-state index contributed by atoms with van der Waals surface area (Å²) >= 11 is 0. The van der Waals surface area contributed by atoms with E-state index in [1.54, 1.807) is 11.9 Å². The van der Waals surface area contributed by atoms with Crippen molar-refractivity contribution in [3.05, 3.63) is 0 Å². The third kappa shape index (κ3) is 3.64. The number of ether oxygens (including phenoxy) is 1. The van der Waals surface area contributed by atoms with Gasteiger partial charge in [0.15, 0.2) is 0 Å². The third-order valence-corrected chi connectivity index (χ3v) is 9.81. The van der Waals surface area contributed by atoms with Crippen LogP contribution in [0.1, 0.15) is 78.1 Å². The molecule has 0 aliphatic heterocycles. The minimum absolute atomic E-state index is 0.491. The van der Waals surface area contributed by atoms with Gasteiger partial charge in [0.25, 0.3) is 0 Å². The largest absolute Gasteiger partial charge is 0.384 e. The third-order valence-electron chi connectivity index (χ3n) is 9.81. The highest BCUT2D eigenvalue weighted by molar-refractivity contribution is 5.75. The fraction of sp³-hybridized carbons (Fsp3) is 0.958. The van der Waals surface area contributed by atoms with Gasteiger partial charge in [0.05, 0.1) is 0 Å². The molecular formula is C24H43N3O. The lowest BCUT2D eigenvalue weighted by molar-refractivity contribution is -0.0727. The lowest BCUT2D eigenvalue weighted by Crippen LogP contribution is -2.49. The lowest BCUT2D eigenvalue weighted by Gasteiger charge is -2.56. The molecule has 160 valence electrons. The van der Waals surface area contributed by atoms with Crippen LogP contribution in [0.5, 0.6) is 0 Å². The molecule has 0 aromatic heterocycles. The van der Waals surface area contributed by atoms with Gasteiger partial charge in [-0.05, 0) is 118 Å². The number of rotatable bonds is 5. The Hall–Kier alpha value is -0.610. The van der Waals surface area contributed by atoms with E-state index in [0.717, 1.165) is 54.6 Å². The first-order chi connectivity index (χ1) is 13.4. The molecule has 4 rings (SSSR count). The molecule has 8 atom stereocenters. The van der Waals surface area contributed by atoms with Gasteiger partial charge in [0, 0.05) is 20.3 Å². The zero-order valence-corrected chi connectivity index (χ0v) is 18.5. The van der Waals surface area contributed by atoms with Crippen LogP contribution in [0.25, 0.3) is 0 Å². The number of hydrazine groups is 1. The zero-order valence-electron chi connectivity index (χ0n) is 18.5. The molecule has 4 fully saturated rings. The molecule has 0 radical (unpaired) electrons. The molecule has 28 heavy (non-hydrogen) atoms. The molecule has 0 bridgehead atoms. The van der Waals surface area contributed by atoms with E-state index < -0.39 is 0 Å². The second-order valence-corrected chi connectivity index (χ2v) is 11.0. The van der Waals surface area contributed by atoms with Gasteiger partial charge in [-0.3, -0.25) is 10.4 Å². The molecule has 0 amide bonds. The molecule has 0 heterocycles. The standard InChI is InChI=1S/C24H43N3O/c1-16(25)27(26)13-11-19-6-9-23-22-8-5-18-14-17(15-28-3)4-7-20(18)21(22)10-12-24(19,23)2/h17-23,25H,4-15,26H2,1-3H3. The molecule has 4 nitrogen and oxygen atoms in total. The van der Waals surface area contributed by atoms with Gasteiger partial charge < -0.3 is 4.74 Å². The summed E-state index contributed by atoms with van der Waals surface area (Å²) in [6.45, 7) is 6.24. The van der Waals surface area contributed by atoms with Crippen molar-refractivity contribution in [1.82, 2.24) is 5.01 Å². The Labute approximate surface area is 172 Å². The maximum atomic E-state index is 7.75. The van der Waals surface area contributed by atoms with Gasteiger partial charge in [-0.15, -0.1) is 0 Å². The van der Waals surface area contributed by atoms with E-state index in [9.17, 15) is 0 Å². The fourth-order valence-electron chi connectivity index (χ4n) is 8.38. The minimum atomic E-state index is 0.491. The van der Waals surface area contributed by atoms with Crippen molar-refractivity contribution in [3.8, 4) is 0 Å². The summed E-state index contributed by atoms with van der Waals surface area (Å²) in [6.07, 6.45) is 14.2. The molecule has 0 saturated heterocycles. The minimum Gasteiger partial charge on any atom is -0.384 e. The maximum Gasteiger partial charge on any atom is 0.107 e. The highest BCUT2D eigenvalue weighted by Crippen LogP contribution is 2.64. The number of methoxy groups -OCH3 is 1. The first-order valence-corrected chi connectivity index (χ1v) is 12.0. The molecule has 4 heteroatoms. The van der Waals surface area contributed by atoms with Crippen LogP contribution in [0, 0.1) is 52.2 Å². The summed E-state index contributed by atoms with van der Waals surface area (Å²) in [5, 5.41) is 9.39. The SMILES string of the molecule is COCC1CCC2C(CCC3C2CCC2(C)C(CCN(N)C(C)=N)CCC32)C1. The summed E-state index contributed by atoms with van der Waals surface area (Å²) in [6, 6.07) is 0. The van der Waals surface area contributed by atoms with Crippen molar-refractivity contribution >= 4 is 5.84 Å². The van der Waals surface area contributed by atoms with Gasteiger partial charge in [-0.2, -0.15) is 0 Å². The predicted octanol–water partition coefficient (Wildman–Crippen LogP) is 5.08. The number of fused-ring (bicyclic) bond motifs is 5. The number of hydrogen-bond donors (Lipinski definition) is 2. The Morgan fingerprint density at radius 3 is 2.61 bits per heavy atom. The molecule has 4 aliphatic carbocycles. The summed E-state index contributed by atoms with van der Waals surface area (Å²) in [5.41, 5.74) is 0.526. The van der Waals surface area contributed by atoms with Gasteiger partial charge >= 0.3 is 0 Å². The molecule has 0 spiro atoms. The molecule has 0 aromatic rings. The molecule has 4 saturated carbocycles. The van der Waals surface area contributed by atoms with Crippen LogP contribution in [0.15, 0.2) is 0 Å². The van der Waals surface area contributed by atoms with Crippen molar-refractivity contribution in [3.63, 3.8) is 0 Å². The topological polar surface area (TPSA) is 62.3 Å². The highest BCUT2D eigenvalue weighted by Gasteiger charge is 2.56. The van der Waals surface area contributed by atoms with E-state index in [1.165, 1.54) is 64.2 Å². The average Bonchev–Trinajstić information content (AvgIpc) is 3.02. The molecule has 4 aliphatic rings. The molecule has 3 N–H and O–H groups in total. The molecular weight excluding hydrogens is 346 g/mol. The summed E-state index contributed by atoms with van der Waals surface area (Å²) < 4.78 is 5.48. The van der Waals surface area contributed by atoms with E-state index >= 15 is 0 Å². The summed E-state index contributed by atoms with van der Waals surface area (Å²) in [5.74, 6) is 13.1. The second-order valence-electron chi connectivity index (χ2n) is 11.0. The Kier molecular flexibility index (Phi) is 6.09. The fourth-order valence-corrected chi connectivity index (χ4v) is 8.38. The van der Waals surface area contributed by atoms with Crippen LogP contribution in [0.4, 0.5) is 0 Å². The monoisotopic (exact) mass is 389 g/mol. The lowest BCUT2D eigenvalue weighted by atomic mass is 9.49. The quantitative estimate of drug-likeness (QED) is 0.298. The highest BCUT2D eigenvalue weighted by atomic mass is 16.5. The van der Waals surface area contributed by atoms with E-state index in [4.69, 9.17) is 16.0 Å². The average molecular weight is 390 g/mol. The number of nitrogens with two attached hydrogens (primary N) is 1. The number of nitrogens with zero attached hydrogens (tertiary/aromatic N) is 1. The van der Waals surface area contributed by atoms with Crippen LogP contribution in [0.3, 0.4) is 0 Å². The Balaban J connectivity index is 1.40. The predicted molar refractivity (Wildman–Crippen MR) is 115 cm³/mol. The van der Waals surface area contributed by atoms with Crippen molar-refractivity contribution in [1.29, 1.82) is 5.41 Å². The van der Waals surface area contributed by atoms with Gasteiger partial charge in [0.1, 0.15) is 5.84 Å². The zero-order chi connectivity index (χ0) is 19.9. The Morgan fingerprint density at radius 2 is 1.86 bits per heavy atom. The van der Waals surface area contributed by atoms with Crippen molar-refractivity contribution in [2.24, 2.45) is 52.7 Å². The number of nitrogens with one attached hydrogen (secondary N) is 1. The first kappa shape index (κ1) is 20.7. The van der Waals surface area contributed by atoms with Crippen LogP contribution in [-0.4, -0.2) is 31.1 Å². The van der Waals surface area contributed by atoms with E-state index in [1.807, 2.05) is 7.11 Å². The summed E-state index contributed by atoms with van der Waals surface area (Å²) in [7, 11) is 1.87.